The summed E-state index contributed by atoms with van der Waals surface area (Å²) in [5.74, 6) is -1.83. The molecule has 0 bridgehead atoms. The maximum atomic E-state index is 13.4. The van der Waals surface area contributed by atoms with E-state index in [1.165, 1.54) is 6.07 Å². The second kappa shape index (κ2) is 5.54. The number of amides is 1. The number of nitrogens with one attached hydrogen (secondary N) is 1. The molecule has 1 saturated heterocycles. The van der Waals surface area contributed by atoms with Crippen LogP contribution in [0.1, 0.15) is 22.9 Å². The van der Waals surface area contributed by atoms with Gasteiger partial charge < -0.3 is 4.90 Å². The van der Waals surface area contributed by atoms with E-state index >= 15 is 0 Å². The largest absolute Gasteiger partial charge is 0.317 e. The molecule has 3 rings (SSSR count). The van der Waals surface area contributed by atoms with Gasteiger partial charge in [-0.05, 0) is 46.5 Å². The Morgan fingerprint density at radius 3 is 2.81 bits per heavy atom. The first-order valence-electron chi connectivity index (χ1n) is 6.55. The molecule has 1 N–H and O–H groups in total. The van der Waals surface area contributed by atoms with E-state index in [2.05, 4.69) is 5.32 Å². The van der Waals surface area contributed by atoms with Crippen molar-refractivity contribution in [2.24, 2.45) is 0 Å². The summed E-state index contributed by atoms with van der Waals surface area (Å²) in [6, 6.07) is 3.73. The van der Waals surface area contributed by atoms with E-state index in [1.807, 2.05) is 17.7 Å². The van der Waals surface area contributed by atoms with Gasteiger partial charge in [-0.25, -0.2) is 8.78 Å². The van der Waals surface area contributed by atoms with Crippen LogP contribution in [0.15, 0.2) is 29.0 Å². The number of nitrogens with zero attached hydrogens (tertiary/aromatic N) is 1. The summed E-state index contributed by atoms with van der Waals surface area (Å²) in [6.45, 7) is 2.66. The van der Waals surface area contributed by atoms with E-state index in [0.717, 1.165) is 23.3 Å². The number of aryl methyl sites for hydroxylation is 1. The van der Waals surface area contributed by atoms with Gasteiger partial charge in [-0.3, -0.25) is 10.1 Å². The third kappa shape index (κ3) is 2.69. The van der Waals surface area contributed by atoms with Crippen LogP contribution in [-0.2, 0) is 11.3 Å². The lowest BCUT2D eigenvalue weighted by Crippen LogP contribution is -2.30. The van der Waals surface area contributed by atoms with E-state index in [-0.39, 0.29) is 12.5 Å². The van der Waals surface area contributed by atoms with Crippen molar-refractivity contribution in [2.75, 3.05) is 6.54 Å². The van der Waals surface area contributed by atoms with Crippen molar-refractivity contribution in [3.63, 3.8) is 0 Å². The molecule has 1 aliphatic rings. The van der Waals surface area contributed by atoms with Crippen molar-refractivity contribution in [3.05, 3.63) is 57.3 Å². The molecule has 1 amide bonds. The normalized spacial score (nSPS) is 18.5. The first kappa shape index (κ1) is 14.2. The zero-order valence-corrected chi connectivity index (χ0v) is 12.2. The molecule has 0 aliphatic carbocycles. The Labute approximate surface area is 125 Å². The number of hydrogen-bond donors (Lipinski definition) is 1. The highest BCUT2D eigenvalue weighted by molar-refractivity contribution is 7.08. The Morgan fingerprint density at radius 2 is 2.14 bits per heavy atom. The Hall–Kier alpha value is -1.79. The van der Waals surface area contributed by atoms with E-state index in [4.69, 9.17) is 0 Å². The number of benzene rings is 1. The van der Waals surface area contributed by atoms with Crippen molar-refractivity contribution >= 4 is 17.2 Å². The number of thiophene rings is 1. The summed E-state index contributed by atoms with van der Waals surface area (Å²) in [4.78, 5) is 13.7. The van der Waals surface area contributed by atoms with Gasteiger partial charge in [0.2, 0.25) is 5.91 Å². The van der Waals surface area contributed by atoms with Crippen LogP contribution in [-0.4, -0.2) is 17.4 Å². The number of rotatable bonds is 3. The summed E-state index contributed by atoms with van der Waals surface area (Å²) in [5, 5.41) is 7.07. The van der Waals surface area contributed by atoms with Gasteiger partial charge >= 0.3 is 0 Å². The van der Waals surface area contributed by atoms with Gasteiger partial charge in [0.15, 0.2) is 11.6 Å². The average Bonchev–Trinajstić information content (AvgIpc) is 3.02. The van der Waals surface area contributed by atoms with Crippen LogP contribution in [0.3, 0.4) is 0 Å². The van der Waals surface area contributed by atoms with Crippen LogP contribution < -0.4 is 5.32 Å². The van der Waals surface area contributed by atoms with E-state index in [9.17, 15) is 13.6 Å². The quantitative estimate of drug-likeness (QED) is 0.945. The Kier molecular flexibility index (Phi) is 3.73. The molecule has 1 atom stereocenters. The molecular weight excluding hydrogens is 294 g/mol. The maximum absolute atomic E-state index is 13.4. The lowest BCUT2D eigenvalue weighted by Gasteiger charge is -2.24. The van der Waals surface area contributed by atoms with E-state index in [0.29, 0.717) is 12.1 Å². The monoisotopic (exact) mass is 308 g/mol. The molecule has 0 saturated carbocycles. The molecule has 1 fully saturated rings. The van der Waals surface area contributed by atoms with Gasteiger partial charge in [0.1, 0.15) is 6.17 Å². The fraction of sp³-hybridized carbons (Fsp3) is 0.267. The highest BCUT2D eigenvalue weighted by atomic mass is 32.1. The minimum Gasteiger partial charge on any atom is -0.317 e. The van der Waals surface area contributed by atoms with Gasteiger partial charge in [-0.2, -0.15) is 11.3 Å². The summed E-state index contributed by atoms with van der Waals surface area (Å²) in [5.41, 5.74) is 2.75. The fourth-order valence-corrected chi connectivity index (χ4v) is 3.28. The smallest absolute Gasteiger partial charge is 0.238 e. The third-order valence-corrected chi connectivity index (χ3v) is 4.55. The topological polar surface area (TPSA) is 32.3 Å². The Balaban J connectivity index is 1.88. The van der Waals surface area contributed by atoms with Crippen LogP contribution in [0.5, 0.6) is 0 Å². The predicted molar refractivity (Wildman–Crippen MR) is 76.7 cm³/mol. The predicted octanol–water partition coefficient (Wildman–Crippen LogP) is 2.97. The lowest BCUT2D eigenvalue weighted by atomic mass is 10.1. The second-order valence-corrected chi connectivity index (χ2v) is 5.80. The minimum absolute atomic E-state index is 0.0460. The zero-order chi connectivity index (χ0) is 15.0. The second-order valence-electron chi connectivity index (χ2n) is 5.06. The fourth-order valence-electron chi connectivity index (χ4n) is 2.43. The highest BCUT2D eigenvalue weighted by Gasteiger charge is 2.32. The molecule has 0 radical (unpaired) electrons. The van der Waals surface area contributed by atoms with Crippen LogP contribution in [0, 0.1) is 18.6 Å². The third-order valence-electron chi connectivity index (χ3n) is 3.64. The molecule has 1 aromatic carbocycles. The standard InChI is InChI=1S/C15H14F2N2OS/c1-9-7-21-8-11(9)6-19-14(20)5-18-15(19)10-2-3-12(16)13(17)4-10/h2-4,7-8,15,18H,5-6H2,1H3. The summed E-state index contributed by atoms with van der Waals surface area (Å²) in [6.07, 6.45) is -0.424. The Bertz CT molecular complexity index is 686. The molecule has 2 aromatic rings. The van der Waals surface area contributed by atoms with Crippen LogP contribution in [0.25, 0.3) is 0 Å². The van der Waals surface area contributed by atoms with Gasteiger partial charge in [-0.1, -0.05) is 6.07 Å². The Morgan fingerprint density at radius 1 is 1.33 bits per heavy atom. The summed E-state index contributed by atoms with van der Waals surface area (Å²) in [7, 11) is 0. The van der Waals surface area contributed by atoms with Crippen molar-refractivity contribution in [1.82, 2.24) is 10.2 Å². The molecule has 1 aliphatic heterocycles. The minimum atomic E-state index is -0.902. The molecule has 21 heavy (non-hydrogen) atoms. The van der Waals surface area contributed by atoms with Crippen molar-refractivity contribution in [1.29, 1.82) is 0 Å². The average molecular weight is 308 g/mol. The van der Waals surface area contributed by atoms with Crippen LogP contribution in [0.2, 0.25) is 0 Å². The number of hydrogen-bond acceptors (Lipinski definition) is 3. The first-order chi connectivity index (χ1) is 10.1. The molecule has 110 valence electrons. The molecule has 0 spiro atoms. The molecule has 3 nitrogen and oxygen atoms in total. The van der Waals surface area contributed by atoms with Gasteiger partial charge in [0.25, 0.3) is 0 Å². The summed E-state index contributed by atoms with van der Waals surface area (Å²) >= 11 is 1.58. The van der Waals surface area contributed by atoms with Gasteiger partial charge in [0.05, 0.1) is 6.54 Å². The first-order valence-corrected chi connectivity index (χ1v) is 7.50. The number of halogens is 2. The molecule has 1 unspecified atom stereocenters. The summed E-state index contributed by atoms with van der Waals surface area (Å²) < 4.78 is 26.4. The highest BCUT2D eigenvalue weighted by Crippen LogP contribution is 2.27. The van der Waals surface area contributed by atoms with Gasteiger partial charge in [0, 0.05) is 6.54 Å². The number of carbonyl (C=O) groups is 1. The zero-order valence-electron chi connectivity index (χ0n) is 11.4. The molecule has 6 heteroatoms. The van der Waals surface area contributed by atoms with E-state index < -0.39 is 17.8 Å². The lowest BCUT2D eigenvalue weighted by molar-refractivity contribution is -0.128. The van der Waals surface area contributed by atoms with E-state index in [1.54, 1.807) is 16.2 Å². The molecule has 1 aromatic heterocycles. The van der Waals surface area contributed by atoms with Crippen molar-refractivity contribution in [3.8, 4) is 0 Å². The van der Waals surface area contributed by atoms with Crippen molar-refractivity contribution in [2.45, 2.75) is 19.6 Å². The van der Waals surface area contributed by atoms with Crippen molar-refractivity contribution < 1.29 is 13.6 Å². The molecule has 2 heterocycles. The molecular formula is C15H14F2N2OS. The van der Waals surface area contributed by atoms with Gasteiger partial charge in [-0.15, -0.1) is 0 Å². The van der Waals surface area contributed by atoms with Crippen LogP contribution >= 0.6 is 11.3 Å². The maximum Gasteiger partial charge on any atom is 0.238 e. The van der Waals surface area contributed by atoms with Crippen LogP contribution in [0.4, 0.5) is 8.78 Å². The number of carbonyl (C=O) groups excluding carboxylic acids is 1. The SMILES string of the molecule is Cc1cscc1CN1C(=O)CNC1c1ccc(F)c(F)c1.